The number of methoxy groups -OCH3 is 1. The van der Waals surface area contributed by atoms with E-state index in [1.807, 2.05) is 24.3 Å². The second kappa shape index (κ2) is 5.89. The molecule has 0 radical (unpaired) electrons. The third-order valence-electron chi connectivity index (χ3n) is 3.42. The molecule has 2 heteroatoms. The van der Waals surface area contributed by atoms with Gasteiger partial charge in [0.15, 0.2) is 0 Å². The van der Waals surface area contributed by atoms with Crippen LogP contribution in [0.4, 0.5) is 0 Å². The zero-order valence-electron chi connectivity index (χ0n) is 11.7. The van der Waals surface area contributed by atoms with Crippen LogP contribution in [0.3, 0.4) is 0 Å². The smallest absolute Gasteiger partial charge is 0.118 e. The summed E-state index contributed by atoms with van der Waals surface area (Å²) < 4.78 is 5.12. The number of benzene rings is 2. The highest BCUT2D eigenvalue weighted by Gasteiger charge is 2.10. The molecule has 0 aliphatic carbocycles. The summed E-state index contributed by atoms with van der Waals surface area (Å²) in [6.07, 6.45) is 0.159. The lowest BCUT2D eigenvalue weighted by molar-refractivity contribution is 0.178. The Morgan fingerprint density at radius 3 is 2.37 bits per heavy atom. The topological polar surface area (TPSA) is 29.5 Å². The van der Waals surface area contributed by atoms with Crippen molar-refractivity contribution in [3.8, 4) is 5.75 Å². The van der Waals surface area contributed by atoms with Crippen molar-refractivity contribution < 1.29 is 9.84 Å². The van der Waals surface area contributed by atoms with Gasteiger partial charge in [0.05, 0.1) is 13.2 Å². The summed E-state index contributed by atoms with van der Waals surface area (Å²) in [4.78, 5) is 0. The van der Waals surface area contributed by atoms with E-state index in [9.17, 15) is 5.11 Å². The maximum Gasteiger partial charge on any atom is 0.118 e. The Bertz CT molecular complexity index is 544. The minimum absolute atomic E-state index is 0.480. The van der Waals surface area contributed by atoms with E-state index in [0.29, 0.717) is 6.42 Å². The second-order valence-electron chi connectivity index (χ2n) is 4.92. The van der Waals surface area contributed by atoms with Crippen LogP contribution in [0, 0.1) is 13.8 Å². The molecule has 1 unspecified atom stereocenters. The number of hydrogen-bond acceptors (Lipinski definition) is 2. The standard InChI is InChI=1S/C17H20O2/c1-12-4-5-13(2)15(10-12)11-17(18)14-6-8-16(19-3)9-7-14/h4-10,17-18H,11H2,1-3H3. The van der Waals surface area contributed by atoms with Crippen LogP contribution in [0.15, 0.2) is 42.5 Å². The average Bonchev–Trinajstić information content (AvgIpc) is 2.43. The summed E-state index contributed by atoms with van der Waals surface area (Å²) in [7, 11) is 1.64. The van der Waals surface area contributed by atoms with E-state index >= 15 is 0 Å². The minimum atomic E-state index is -0.480. The van der Waals surface area contributed by atoms with Gasteiger partial charge in [-0.05, 0) is 42.7 Å². The van der Waals surface area contributed by atoms with Crippen molar-refractivity contribution in [2.75, 3.05) is 7.11 Å². The third kappa shape index (κ3) is 3.36. The van der Waals surface area contributed by atoms with Crippen molar-refractivity contribution in [1.82, 2.24) is 0 Å². The van der Waals surface area contributed by atoms with E-state index < -0.39 is 6.10 Å². The fraction of sp³-hybridized carbons (Fsp3) is 0.294. The second-order valence-corrected chi connectivity index (χ2v) is 4.92. The molecule has 1 N–H and O–H groups in total. The predicted octanol–water partition coefficient (Wildman–Crippen LogP) is 3.59. The normalized spacial score (nSPS) is 12.2. The van der Waals surface area contributed by atoms with Crippen molar-refractivity contribution in [3.05, 3.63) is 64.7 Å². The minimum Gasteiger partial charge on any atom is -0.497 e. The molecular weight excluding hydrogens is 236 g/mol. The Balaban J connectivity index is 2.15. The fourth-order valence-corrected chi connectivity index (χ4v) is 2.17. The van der Waals surface area contributed by atoms with Crippen LogP contribution in [0.5, 0.6) is 5.75 Å². The molecule has 100 valence electrons. The highest BCUT2D eigenvalue weighted by molar-refractivity contribution is 5.33. The number of aryl methyl sites for hydroxylation is 2. The van der Waals surface area contributed by atoms with Crippen LogP contribution in [-0.2, 0) is 6.42 Å². The molecule has 0 saturated carbocycles. The van der Waals surface area contributed by atoms with E-state index in [4.69, 9.17) is 4.74 Å². The van der Waals surface area contributed by atoms with Gasteiger partial charge in [-0.2, -0.15) is 0 Å². The molecule has 0 bridgehead atoms. The molecule has 0 aromatic heterocycles. The van der Waals surface area contributed by atoms with E-state index in [1.54, 1.807) is 7.11 Å². The number of aliphatic hydroxyl groups excluding tert-OH is 1. The van der Waals surface area contributed by atoms with Gasteiger partial charge in [-0.15, -0.1) is 0 Å². The van der Waals surface area contributed by atoms with Crippen molar-refractivity contribution >= 4 is 0 Å². The van der Waals surface area contributed by atoms with Gasteiger partial charge >= 0.3 is 0 Å². The van der Waals surface area contributed by atoms with E-state index in [-0.39, 0.29) is 0 Å². The Morgan fingerprint density at radius 2 is 1.74 bits per heavy atom. The number of aliphatic hydroxyl groups is 1. The third-order valence-corrected chi connectivity index (χ3v) is 3.42. The average molecular weight is 256 g/mol. The molecule has 0 amide bonds. The maximum atomic E-state index is 10.3. The van der Waals surface area contributed by atoms with Crippen LogP contribution < -0.4 is 4.74 Å². The summed E-state index contributed by atoms with van der Waals surface area (Å²) in [6.45, 7) is 4.15. The SMILES string of the molecule is COc1ccc(C(O)Cc2cc(C)ccc2C)cc1. The molecule has 1 atom stereocenters. The number of ether oxygens (including phenoxy) is 1. The Morgan fingerprint density at radius 1 is 1.05 bits per heavy atom. The predicted molar refractivity (Wildman–Crippen MR) is 77.6 cm³/mol. The first-order chi connectivity index (χ1) is 9.10. The number of rotatable bonds is 4. The first kappa shape index (κ1) is 13.6. The Labute approximate surface area is 114 Å². The van der Waals surface area contributed by atoms with Crippen molar-refractivity contribution in [1.29, 1.82) is 0 Å². The zero-order valence-corrected chi connectivity index (χ0v) is 11.7. The van der Waals surface area contributed by atoms with Crippen LogP contribution in [0.2, 0.25) is 0 Å². The summed E-state index contributed by atoms with van der Waals surface area (Å²) in [5, 5.41) is 10.3. The highest BCUT2D eigenvalue weighted by Crippen LogP contribution is 2.23. The molecule has 0 aliphatic rings. The molecule has 2 nitrogen and oxygen atoms in total. The zero-order chi connectivity index (χ0) is 13.8. The van der Waals surface area contributed by atoms with Crippen LogP contribution in [-0.4, -0.2) is 12.2 Å². The molecule has 0 heterocycles. The molecule has 0 aliphatic heterocycles. The molecule has 2 aromatic rings. The van der Waals surface area contributed by atoms with E-state index in [0.717, 1.165) is 11.3 Å². The molecule has 0 saturated heterocycles. The Kier molecular flexibility index (Phi) is 4.23. The van der Waals surface area contributed by atoms with Gasteiger partial charge in [-0.3, -0.25) is 0 Å². The maximum absolute atomic E-state index is 10.3. The van der Waals surface area contributed by atoms with Gasteiger partial charge in [-0.25, -0.2) is 0 Å². The molecule has 0 fully saturated rings. The van der Waals surface area contributed by atoms with Gasteiger partial charge in [-0.1, -0.05) is 35.9 Å². The van der Waals surface area contributed by atoms with Crippen LogP contribution in [0.25, 0.3) is 0 Å². The fourth-order valence-electron chi connectivity index (χ4n) is 2.17. The first-order valence-electron chi connectivity index (χ1n) is 6.48. The molecular formula is C17H20O2. The Hall–Kier alpha value is -1.80. The quantitative estimate of drug-likeness (QED) is 0.906. The number of hydrogen-bond donors (Lipinski definition) is 1. The summed E-state index contributed by atoms with van der Waals surface area (Å²) >= 11 is 0. The van der Waals surface area contributed by atoms with Gasteiger partial charge in [0, 0.05) is 6.42 Å². The molecule has 19 heavy (non-hydrogen) atoms. The van der Waals surface area contributed by atoms with Crippen LogP contribution >= 0.6 is 0 Å². The molecule has 0 spiro atoms. The molecule has 2 rings (SSSR count). The van der Waals surface area contributed by atoms with Crippen molar-refractivity contribution in [3.63, 3.8) is 0 Å². The lowest BCUT2D eigenvalue weighted by atomic mass is 9.97. The highest BCUT2D eigenvalue weighted by atomic mass is 16.5. The van der Waals surface area contributed by atoms with E-state index in [2.05, 4.69) is 32.0 Å². The van der Waals surface area contributed by atoms with Gasteiger partial charge in [0.1, 0.15) is 5.75 Å². The largest absolute Gasteiger partial charge is 0.497 e. The van der Waals surface area contributed by atoms with Gasteiger partial charge in [0.25, 0.3) is 0 Å². The lowest BCUT2D eigenvalue weighted by Crippen LogP contribution is -2.03. The van der Waals surface area contributed by atoms with Gasteiger partial charge in [0.2, 0.25) is 0 Å². The van der Waals surface area contributed by atoms with Crippen molar-refractivity contribution in [2.45, 2.75) is 26.4 Å². The summed E-state index contributed by atoms with van der Waals surface area (Å²) in [6, 6.07) is 13.9. The van der Waals surface area contributed by atoms with E-state index in [1.165, 1.54) is 16.7 Å². The monoisotopic (exact) mass is 256 g/mol. The molecule has 2 aromatic carbocycles. The lowest BCUT2D eigenvalue weighted by Gasteiger charge is -2.14. The summed E-state index contributed by atoms with van der Waals surface area (Å²) in [5.41, 5.74) is 4.56. The first-order valence-corrected chi connectivity index (χ1v) is 6.48. The van der Waals surface area contributed by atoms with Crippen molar-refractivity contribution in [2.24, 2.45) is 0 Å². The van der Waals surface area contributed by atoms with Crippen LogP contribution in [0.1, 0.15) is 28.4 Å². The van der Waals surface area contributed by atoms with Gasteiger partial charge < -0.3 is 9.84 Å². The summed E-state index contributed by atoms with van der Waals surface area (Å²) in [5.74, 6) is 0.808.